The molecule has 8 nitrogen and oxygen atoms in total. The summed E-state index contributed by atoms with van der Waals surface area (Å²) in [5.74, 6) is -0.272. The molecule has 0 unspecified atom stereocenters. The predicted molar refractivity (Wildman–Crippen MR) is 139 cm³/mol. The minimum absolute atomic E-state index is 0.272. The van der Waals surface area contributed by atoms with Crippen LogP contribution in [0.15, 0.2) is 42.5 Å². The first-order valence-electron chi connectivity index (χ1n) is 11.5. The van der Waals surface area contributed by atoms with Crippen LogP contribution in [0.2, 0.25) is 0 Å². The molecule has 3 rings (SSSR count). The maximum Gasteiger partial charge on any atom is 0.412 e. The van der Waals surface area contributed by atoms with Crippen LogP contribution in [0.4, 0.5) is 21.0 Å². The van der Waals surface area contributed by atoms with E-state index in [1.165, 1.54) is 11.3 Å². The van der Waals surface area contributed by atoms with Gasteiger partial charge in [-0.1, -0.05) is 18.2 Å². The van der Waals surface area contributed by atoms with E-state index < -0.39 is 17.3 Å². The molecule has 0 atom stereocenters. The van der Waals surface area contributed by atoms with Crippen molar-refractivity contribution in [3.8, 4) is 0 Å². The van der Waals surface area contributed by atoms with E-state index >= 15 is 0 Å². The highest BCUT2D eigenvalue weighted by Gasteiger charge is 2.24. The van der Waals surface area contributed by atoms with Crippen LogP contribution < -0.4 is 10.6 Å². The van der Waals surface area contributed by atoms with Gasteiger partial charge in [-0.3, -0.25) is 10.1 Å². The number of benzene rings is 1. The third kappa shape index (κ3) is 7.85. The number of carbonyl (C=O) groups is 3. The summed E-state index contributed by atoms with van der Waals surface area (Å²) < 4.78 is 10.7. The molecule has 1 aromatic carbocycles. The largest absolute Gasteiger partial charge is 0.444 e. The van der Waals surface area contributed by atoms with Gasteiger partial charge in [-0.25, -0.2) is 9.59 Å². The number of hydrogen-bond donors (Lipinski definition) is 2. The molecule has 2 N–H and O–H groups in total. The molecule has 0 radical (unpaired) electrons. The van der Waals surface area contributed by atoms with Gasteiger partial charge in [0.05, 0.1) is 16.3 Å². The average Bonchev–Trinajstić information content (AvgIpc) is 3.23. The lowest BCUT2D eigenvalue weighted by Crippen LogP contribution is -2.39. The Labute approximate surface area is 210 Å². The lowest BCUT2D eigenvalue weighted by molar-refractivity contribution is 0.0270. The molecule has 2 aromatic rings. The van der Waals surface area contributed by atoms with Gasteiger partial charge in [-0.15, -0.1) is 11.3 Å². The van der Waals surface area contributed by atoms with Gasteiger partial charge in [0.25, 0.3) is 5.91 Å². The maximum absolute atomic E-state index is 12.9. The van der Waals surface area contributed by atoms with Crippen LogP contribution >= 0.6 is 11.3 Å². The van der Waals surface area contributed by atoms with Crippen LogP contribution in [0.5, 0.6) is 0 Å². The van der Waals surface area contributed by atoms with Crippen molar-refractivity contribution in [2.45, 2.75) is 59.2 Å². The zero-order valence-electron chi connectivity index (χ0n) is 21.1. The molecule has 0 spiro atoms. The number of anilines is 2. The van der Waals surface area contributed by atoms with Crippen LogP contribution in [0, 0.1) is 0 Å². The van der Waals surface area contributed by atoms with Gasteiger partial charge in [0.1, 0.15) is 11.2 Å². The van der Waals surface area contributed by atoms with Crippen molar-refractivity contribution in [2.24, 2.45) is 0 Å². The van der Waals surface area contributed by atoms with Gasteiger partial charge in [0, 0.05) is 18.0 Å². The maximum atomic E-state index is 12.9. The fourth-order valence-corrected chi connectivity index (χ4v) is 4.29. The first kappa shape index (κ1) is 26.3. The number of nitrogens with zero attached hydrogens (tertiary/aromatic N) is 1. The van der Waals surface area contributed by atoms with Gasteiger partial charge < -0.3 is 19.7 Å². The minimum atomic E-state index is -0.632. The molecule has 1 aliphatic heterocycles. The Morgan fingerprint density at radius 3 is 2.09 bits per heavy atom. The minimum Gasteiger partial charge on any atom is -0.444 e. The Hall–Kier alpha value is -3.33. The summed E-state index contributed by atoms with van der Waals surface area (Å²) in [5, 5.41) is 5.55. The number of para-hydroxylation sites is 2. The Kier molecular flexibility index (Phi) is 7.90. The molecule has 3 amide bonds. The van der Waals surface area contributed by atoms with Crippen LogP contribution in [0.25, 0.3) is 5.57 Å². The van der Waals surface area contributed by atoms with E-state index in [0.717, 1.165) is 10.5 Å². The summed E-state index contributed by atoms with van der Waals surface area (Å²) in [4.78, 5) is 40.6. The first-order chi connectivity index (χ1) is 16.3. The Bertz CT molecular complexity index is 1120. The summed E-state index contributed by atoms with van der Waals surface area (Å²) >= 11 is 1.39. The number of nitrogens with one attached hydrogen (secondary N) is 2. The molecule has 0 saturated carbocycles. The van der Waals surface area contributed by atoms with Crippen LogP contribution in [-0.4, -0.2) is 47.3 Å². The standard InChI is InChI=1S/C26H33N3O5S/c1-25(2,3)33-23(31)28-19-10-8-7-9-18(19)27-22(30)21-12-11-20(35-21)17-13-15-29(16-14-17)24(32)34-26(4,5)6/h7-13H,14-16H2,1-6H3,(H,27,30)(H,28,31). The Morgan fingerprint density at radius 1 is 0.886 bits per heavy atom. The molecule has 0 aliphatic carbocycles. The summed E-state index contributed by atoms with van der Waals surface area (Å²) in [6, 6.07) is 10.6. The number of amides is 3. The molecule has 9 heteroatoms. The van der Waals surface area contributed by atoms with Crippen molar-refractivity contribution in [2.75, 3.05) is 23.7 Å². The van der Waals surface area contributed by atoms with Crippen molar-refractivity contribution in [3.63, 3.8) is 0 Å². The quantitative estimate of drug-likeness (QED) is 0.509. The Balaban J connectivity index is 1.64. The molecule has 0 bridgehead atoms. The predicted octanol–water partition coefficient (Wildman–Crippen LogP) is 6.37. The highest BCUT2D eigenvalue weighted by atomic mass is 32.1. The van der Waals surface area contributed by atoms with Crippen molar-refractivity contribution in [1.29, 1.82) is 0 Å². The average molecular weight is 500 g/mol. The Morgan fingerprint density at radius 2 is 1.51 bits per heavy atom. The van der Waals surface area contributed by atoms with E-state index in [9.17, 15) is 14.4 Å². The number of rotatable bonds is 4. The number of ether oxygens (including phenoxy) is 2. The lowest BCUT2D eigenvalue weighted by Gasteiger charge is -2.29. The molecule has 35 heavy (non-hydrogen) atoms. The fourth-order valence-electron chi connectivity index (χ4n) is 3.32. The van der Waals surface area contributed by atoms with Crippen molar-refractivity contribution in [1.82, 2.24) is 4.90 Å². The van der Waals surface area contributed by atoms with Gasteiger partial charge in [-0.05, 0) is 77.8 Å². The van der Waals surface area contributed by atoms with E-state index in [-0.39, 0.29) is 12.0 Å². The third-order valence-electron chi connectivity index (χ3n) is 4.82. The van der Waals surface area contributed by atoms with Gasteiger partial charge in [-0.2, -0.15) is 0 Å². The lowest BCUT2D eigenvalue weighted by atomic mass is 10.1. The molecule has 1 aliphatic rings. The van der Waals surface area contributed by atoms with Crippen molar-refractivity contribution in [3.05, 3.63) is 52.2 Å². The zero-order valence-corrected chi connectivity index (χ0v) is 21.9. The molecule has 0 fully saturated rings. The smallest absolute Gasteiger partial charge is 0.412 e. The van der Waals surface area contributed by atoms with E-state index in [2.05, 4.69) is 10.6 Å². The highest BCUT2D eigenvalue weighted by Crippen LogP contribution is 2.30. The normalized spacial score (nSPS) is 14.1. The van der Waals surface area contributed by atoms with Crippen molar-refractivity contribution >= 4 is 46.4 Å². The number of carbonyl (C=O) groups excluding carboxylic acids is 3. The first-order valence-corrected chi connectivity index (χ1v) is 12.3. The van der Waals surface area contributed by atoms with Crippen LogP contribution in [0.1, 0.15) is 62.5 Å². The van der Waals surface area contributed by atoms with E-state index in [1.807, 2.05) is 32.9 Å². The topological polar surface area (TPSA) is 97.0 Å². The number of thiophene rings is 1. The highest BCUT2D eigenvalue weighted by molar-refractivity contribution is 7.15. The second-order valence-electron chi connectivity index (χ2n) is 10.2. The second kappa shape index (κ2) is 10.5. The summed E-state index contributed by atoms with van der Waals surface area (Å²) in [6.07, 6.45) is 1.77. The molecule has 0 saturated heterocycles. The summed E-state index contributed by atoms with van der Waals surface area (Å²) in [7, 11) is 0. The fraction of sp³-hybridized carbons (Fsp3) is 0.423. The third-order valence-corrected chi connectivity index (χ3v) is 5.98. The molecule has 2 heterocycles. The van der Waals surface area contributed by atoms with Crippen molar-refractivity contribution < 1.29 is 23.9 Å². The van der Waals surface area contributed by atoms with Gasteiger partial charge >= 0.3 is 12.2 Å². The summed E-state index contributed by atoms with van der Waals surface area (Å²) in [6.45, 7) is 11.9. The van der Waals surface area contributed by atoms with Gasteiger partial charge in [0.15, 0.2) is 0 Å². The summed E-state index contributed by atoms with van der Waals surface area (Å²) in [5.41, 5.74) is 0.860. The molecule has 188 valence electrons. The van der Waals surface area contributed by atoms with Crippen LogP contribution in [-0.2, 0) is 9.47 Å². The molecular formula is C26H33N3O5S. The van der Waals surface area contributed by atoms with E-state index in [1.54, 1.807) is 56.0 Å². The van der Waals surface area contributed by atoms with Gasteiger partial charge in [0.2, 0.25) is 0 Å². The monoisotopic (exact) mass is 499 g/mol. The number of hydrogen-bond acceptors (Lipinski definition) is 6. The molecule has 1 aromatic heterocycles. The van der Waals surface area contributed by atoms with Crippen LogP contribution in [0.3, 0.4) is 0 Å². The van der Waals surface area contributed by atoms with E-state index in [4.69, 9.17) is 9.47 Å². The second-order valence-corrected chi connectivity index (χ2v) is 11.3. The zero-order chi connectivity index (χ0) is 25.8. The molecular weight excluding hydrogens is 466 g/mol. The van der Waals surface area contributed by atoms with E-state index in [0.29, 0.717) is 35.8 Å². The SMILES string of the molecule is CC(C)(C)OC(=O)Nc1ccccc1NC(=O)c1ccc(C2=CCN(C(=O)OC(C)(C)C)CC2)s1.